The summed E-state index contributed by atoms with van der Waals surface area (Å²) in [6, 6.07) is 0. The minimum Gasteiger partial charge on any atom is -0.310 e. The molecule has 0 aliphatic carbocycles. The summed E-state index contributed by atoms with van der Waals surface area (Å²) in [5.74, 6) is 0.956. The SMILES string of the molecule is CCCC(=O)CNCC(C)C. The van der Waals surface area contributed by atoms with Crippen LogP contribution in [0.2, 0.25) is 0 Å². The highest BCUT2D eigenvalue weighted by atomic mass is 16.1. The van der Waals surface area contributed by atoms with Crippen LogP contribution in [-0.2, 0) is 4.79 Å². The molecule has 0 fully saturated rings. The predicted molar refractivity (Wildman–Crippen MR) is 47.6 cm³/mol. The topological polar surface area (TPSA) is 29.1 Å². The first kappa shape index (κ1) is 10.6. The van der Waals surface area contributed by atoms with Crippen LogP contribution in [-0.4, -0.2) is 18.9 Å². The maximum Gasteiger partial charge on any atom is 0.146 e. The van der Waals surface area contributed by atoms with E-state index < -0.39 is 0 Å². The summed E-state index contributed by atoms with van der Waals surface area (Å²) in [6.07, 6.45) is 1.67. The zero-order valence-corrected chi connectivity index (χ0v) is 7.81. The monoisotopic (exact) mass is 157 g/mol. The molecule has 0 aliphatic rings. The van der Waals surface area contributed by atoms with E-state index in [1.807, 2.05) is 6.92 Å². The molecule has 0 saturated carbocycles. The molecule has 0 aromatic rings. The predicted octanol–water partition coefficient (Wildman–Crippen LogP) is 1.60. The van der Waals surface area contributed by atoms with E-state index in [4.69, 9.17) is 0 Å². The molecule has 0 aliphatic heterocycles. The molecule has 0 atom stereocenters. The summed E-state index contributed by atoms with van der Waals surface area (Å²) in [6.45, 7) is 7.79. The Labute approximate surface area is 69.4 Å². The van der Waals surface area contributed by atoms with Crippen molar-refractivity contribution in [3.63, 3.8) is 0 Å². The van der Waals surface area contributed by atoms with Crippen LogP contribution in [0.4, 0.5) is 0 Å². The Kier molecular flexibility index (Phi) is 6.13. The van der Waals surface area contributed by atoms with Crippen molar-refractivity contribution in [1.29, 1.82) is 0 Å². The van der Waals surface area contributed by atoms with Crippen molar-refractivity contribution in [2.45, 2.75) is 33.6 Å². The van der Waals surface area contributed by atoms with Crippen LogP contribution in [0.15, 0.2) is 0 Å². The van der Waals surface area contributed by atoms with Gasteiger partial charge in [0.2, 0.25) is 0 Å². The van der Waals surface area contributed by atoms with E-state index in [-0.39, 0.29) is 0 Å². The van der Waals surface area contributed by atoms with Crippen molar-refractivity contribution >= 4 is 5.78 Å². The van der Waals surface area contributed by atoms with E-state index in [1.54, 1.807) is 0 Å². The Morgan fingerprint density at radius 2 is 2.09 bits per heavy atom. The number of carbonyl (C=O) groups is 1. The number of rotatable bonds is 6. The van der Waals surface area contributed by atoms with Gasteiger partial charge in [-0.25, -0.2) is 0 Å². The smallest absolute Gasteiger partial charge is 0.146 e. The molecule has 0 amide bonds. The van der Waals surface area contributed by atoms with Crippen LogP contribution in [0.3, 0.4) is 0 Å². The molecule has 2 nitrogen and oxygen atoms in total. The maximum atomic E-state index is 11.0. The largest absolute Gasteiger partial charge is 0.310 e. The fourth-order valence-electron chi connectivity index (χ4n) is 0.867. The molecule has 0 bridgehead atoms. The number of ketones is 1. The minimum absolute atomic E-state index is 0.327. The normalized spacial score (nSPS) is 10.5. The Morgan fingerprint density at radius 3 is 2.55 bits per heavy atom. The van der Waals surface area contributed by atoms with Crippen molar-refractivity contribution in [1.82, 2.24) is 5.32 Å². The van der Waals surface area contributed by atoms with E-state index in [0.29, 0.717) is 24.7 Å². The third kappa shape index (κ3) is 7.53. The van der Waals surface area contributed by atoms with Gasteiger partial charge in [-0.3, -0.25) is 4.79 Å². The zero-order chi connectivity index (χ0) is 8.69. The lowest BCUT2D eigenvalue weighted by Crippen LogP contribution is -2.26. The first-order valence-electron chi connectivity index (χ1n) is 4.39. The Bertz CT molecular complexity index is 110. The maximum absolute atomic E-state index is 11.0. The molecular weight excluding hydrogens is 138 g/mol. The van der Waals surface area contributed by atoms with Gasteiger partial charge in [0, 0.05) is 6.42 Å². The van der Waals surface area contributed by atoms with Gasteiger partial charge in [0.25, 0.3) is 0 Å². The van der Waals surface area contributed by atoms with E-state index in [1.165, 1.54) is 0 Å². The van der Waals surface area contributed by atoms with Gasteiger partial charge >= 0.3 is 0 Å². The summed E-state index contributed by atoms with van der Waals surface area (Å²) in [5.41, 5.74) is 0. The van der Waals surface area contributed by atoms with Gasteiger partial charge in [0.1, 0.15) is 5.78 Å². The van der Waals surface area contributed by atoms with Crippen LogP contribution < -0.4 is 5.32 Å². The van der Waals surface area contributed by atoms with E-state index in [0.717, 1.165) is 13.0 Å². The summed E-state index contributed by atoms with van der Waals surface area (Å²) in [7, 11) is 0. The van der Waals surface area contributed by atoms with Gasteiger partial charge in [-0.2, -0.15) is 0 Å². The standard InChI is InChI=1S/C9H19NO/c1-4-5-9(11)7-10-6-8(2)3/h8,10H,4-7H2,1-3H3. The highest BCUT2D eigenvalue weighted by molar-refractivity contribution is 5.80. The first-order chi connectivity index (χ1) is 5.16. The molecule has 0 aromatic carbocycles. The van der Waals surface area contributed by atoms with E-state index in [9.17, 15) is 4.79 Å². The Hall–Kier alpha value is -0.370. The number of hydrogen-bond acceptors (Lipinski definition) is 2. The molecule has 0 aromatic heterocycles. The second kappa shape index (κ2) is 6.35. The van der Waals surface area contributed by atoms with Crippen LogP contribution in [0.25, 0.3) is 0 Å². The zero-order valence-electron chi connectivity index (χ0n) is 7.81. The molecule has 66 valence electrons. The minimum atomic E-state index is 0.327. The highest BCUT2D eigenvalue weighted by Crippen LogP contribution is 1.89. The third-order valence-electron chi connectivity index (χ3n) is 1.40. The van der Waals surface area contributed by atoms with Crippen LogP contribution in [0.5, 0.6) is 0 Å². The van der Waals surface area contributed by atoms with Gasteiger partial charge < -0.3 is 5.32 Å². The fraction of sp³-hybridized carbons (Fsp3) is 0.889. The van der Waals surface area contributed by atoms with Gasteiger partial charge in [-0.05, 0) is 18.9 Å². The van der Waals surface area contributed by atoms with E-state index >= 15 is 0 Å². The fourth-order valence-corrected chi connectivity index (χ4v) is 0.867. The highest BCUT2D eigenvalue weighted by Gasteiger charge is 1.99. The van der Waals surface area contributed by atoms with Gasteiger partial charge in [-0.15, -0.1) is 0 Å². The molecule has 0 radical (unpaired) electrons. The van der Waals surface area contributed by atoms with Gasteiger partial charge in [0.05, 0.1) is 6.54 Å². The number of Topliss-reactive ketones (excluding diaryl/α,β-unsaturated/α-hetero) is 1. The summed E-state index contributed by atoms with van der Waals surface area (Å²) in [5, 5.41) is 3.12. The Balaban J connectivity index is 3.17. The van der Waals surface area contributed by atoms with Crippen molar-refractivity contribution in [3.05, 3.63) is 0 Å². The molecule has 2 heteroatoms. The lowest BCUT2D eigenvalue weighted by Gasteiger charge is -2.05. The molecular formula is C9H19NO. The number of hydrogen-bond donors (Lipinski definition) is 1. The molecule has 0 spiro atoms. The van der Waals surface area contributed by atoms with Crippen molar-refractivity contribution in [3.8, 4) is 0 Å². The summed E-state index contributed by atoms with van der Waals surface area (Å²) < 4.78 is 0. The van der Waals surface area contributed by atoms with Gasteiger partial charge in [0.15, 0.2) is 0 Å². The quantitative estimate of drug-likeness (QED) is 0.634. The average molecular weight is 157 g/mol. The van der Waals surface area contributed by atoms with Crippen molar-refractivity contribution in [2.75, 3.05) is 13.1 Å². The lowest BCUT2D eigenvalue weighted by molar-refractivity contribution is -0.118. The molecule has 0 rings (SSSR count). The molecule has 0 saturated heterocycles. The van der Waals surface area contributed by atoms with Crippen LogP contribution >= 0.6 is 0 Å². The number of nitrogens with one attached hydrogen (secondary N) is 1. The van der Waals surface area contributed by atoms with Crippen LogP contribution in [0.1, 0.15) is 33.6 Å². The number of carbonyl (C=O) groups excluding carboxylic acids is 1. The van der Waals surface area contributed by atoms with Crippen molar-refractivity contribution in [2.24, 2.45) is 5.92 Å². The molecule has 11 heavy (non-hydrogen) atoms. The first-order valence-corrected chi connectivity index (χ1v) is 4.39. The second-order valence-electron chi connectivity index (χ2n) is 3.31. The summed E-state index contributed by atoms with van der Waals surface area (Å²) in [4.78, 5) is 11.0. The van der Waals surface area contributed by atoms with Crippen molar-refractivity contribution < 1.29 is 4.79 Å². The van der Waals surface area contributed by atoms with E-state index in [2.05, 4.69) is 19.2 Å². The van der Waals surface area contributed by atoms with Crippen LogP contribution in [0, 0.1) is 5.92 Å². The Morgan fingerprint density at radius 1 is 1.45 bits per heavy atom. The third-order valence-corrected chi connectivity index (χ3v) is 1.40. The lowest BCUT2D eigenvalue weighted by atomic mass is 10.2. The summed E-state index contributed by atoms with van der Waals surface area (Å²) >= 11 is 0. The molecule has 0 heterocycles. The second-order valence-corrected chi connectivity index (χ2v) is 3.31. The van der Waals surface area contributed by atoms with Gasteiger partial charge in [-0.1, -0.05) is 20.8 Å². The molecule has 0 unspecified atom stereocenters. The molecule has 1 N–H and O–H groups in total. The average Bonchev–Trinajstić information content (AvgIpc) is 1.87.